The van der Waals surface area contributed by atoms with Crippen molar-refractivity contribution >= 4 is 24.3 Å². The normalized spacial score (nSPS) is 24.1. The van der Waals surface area contributed by atoms with Gasteiger partial charge in [-0.15, -0.1) is 0 Å². The molecule has 1 saturated heterocycles. The minimum atomic E-state index is -0.446. The van der Waals surface area contributed by atoms with Gasteiger partial charge < -0.3 is 14.6 Å². The smallest absolute Gasteiger partial charge is 0.399 e. The molecule has 23 heavy (non-hydrogen) atoms. The average Bonchev–Trinajstić information content (AvgIpc) is 2.65. The molecule has 1 aliphatic heterocycles. The fourth-order valence-corrected chi connectivity index (χ4v) is 2.84. The molecular weight excluding hydrogens is 291 g/mol. The van der Waals surface area contributed by atoms with Crippen LogP contribution in [0, 0.1) is 5.41 Å². The predicted molar refractivity (Wildman–Crippen MR) is 90.5 cm³/mol. The van der Waals surface area contributed by atoms with Gasteiger partial charge in [0, 0.05) is 11.6 Å². The number of hydrogen-bond donors (Lipinski definition) is 1. The Balaban J connectivity index is 1.75. The van der Waals surface area contributed by atoms with E-state index in [1.165, 1.54) is 0 Å². The summed E-state index contributed by atoms with van der Waals surface area (Å²) in [5.74, 6) is 0.595. The van der Waals surface area contributed by atoms with Gasteiger partial charge in [0.1, 0.15) is 5.82 Å². The molecule has 0 bridgehead atoms. The van der Waals surface area contributed by atoms with Crippen LogP contribution in [0.15, 0.2) is 18.3 Å². The van der Waals surface area contributed by atoms with Gasteiger partial charge in [0.2, 0.25) is 5.91 Å². The van der Waals surface area contributed by atoms with Crippen LogP contribution in [0.5, 0.6) is 0 Å². The van der Waals surface area contributed by atoms with E-state index in [0.717, 1.165) is 24.7 Å². The predicted octanol–water partition coefficient (Wildman–Crippen LogP) is 2.51. The number of rotatable bonds is 3. The van der Waals surface area contributed by atoms with Gasteiger partial charge in [-0.2, -0.15) is 0 Å². The van der Waals surface area contributed by atoms with Gasteiger partial charge in [0.15, 0.2) is 0 Å². The van der Waals surface area contributed by atoms with E-state index >= 15 is 0 Å². The molecule has 1 aromatic rings. The molecule has 1 N–H and O–H groups in total. The van der Waals surface area contributed by atoms with Crippen LogP contribution in [0.4, 0.5) is 5.82 Å². The van der Waals surface area contributed by atoms with Gasteiger partial charge in [-0.05, 0) is 58.1 Å². The summed E-state index contributed by atoms with van der Waals surface area (Å²) < 4.78 is 12.1. The maximum Gasteiger partial charge on any atom is 0.495 e. The number of pyridine rings is 1. The van der Waals surface area contributed by atoms with E-state index < -0.39 is 7.12 Å². The van der Waals surface area contributed by atoms with E-state index in [9.17, 15) is 4.79 Å². The first kappa shape index (κ1) is 16.5. The zero-order valence-corrected chi connectivity index (χ0v) is 14.6. The van der Waals surface area contributed by atoms with Crippen LogP contribution in [-0.2, 0) is 14.1 Å². The molecule has 1 aliphatic carbocycles. The number of hydrogen-bond acceptors (Lipinski definition) is 4. The highest BCUT2D eigenvalue weighted by molar-refractivity contribution is 6.62. The summed E-state index contributed by atoms with van der Waals surface area (Å²) in [7, 11) is -0.446. The molecule has 1 saturated carbocycles. The third-order valence-electron chi connectivity index (χ3n) is 5.56. The highest BCUT2D eigenvalue weighted by Gasteiger charge is 2.51. The van der Waals surface area contributed by atoms with E-state index in [0.29, 0.717) is 5.82 Å². The van der Waals surface area contributed by atoms with Crippen LogP contribution in [0.3, 0.4) is 0 Å². The summed E-state index contributed by atoms with van der Waals surface area (Å²) >= 11 is 0. The Hall–Kier alpha value is -1.40. The van der Waals surface area contributed by atoms with Gasteiger partial charge in [-0.3, -0.25) is 4.79 Å². The third kappa shape index (κ3) is 2.90. The molecule has 124 valence electrons. The molecule has 0 radical (unpaired) electrons. The fourth-order valence-electron chi connectivity index (χ4n) is 2.84. The van der Waals surface area contributed by atoms with Crippen molar-refractivity contribution in [1.29, 1.82) is 0 Å². The van der Waals surface area contributed by atoms with Crippen molar-refractivity contribution in [2.24, 2.45) is 5.41 Å². The molecule has 2 heterocycles. The summed E-state index contributed by atoms with van der Waals surface area (Å²) in [6, 6.07) is 3.70. The largest absolute Gasteiger partial charge is 0.495 e. The topological polar surface area (TPSA) is 60.5 Å². The molecule has 1 aromatic heterocycles. The lowest BCUT2D eigenvalue weighted by molar-refractivity contribution is -0.128. The molecule has 6 heteroatoms. The molecule has 2 fully saturated rings. The molecule has 0 aromatic carbocycles. The van der Waals surface area contributed by atoms with Crippen LogP contribution < -0.4 is 10.8 Å². The average molecular weight is 316 g/mol. The van der Waals surface area contributed by atoms with E-state index in [4.69, 9.17) is 9.31 Å². The second-order valence-corrected chi connectivity index (χ2v) is 7.93. The zero-order valence-electron chi connectivity index (χ0n) is 14.6. The highest BCUT2D eigenvalue weighted by Crippen LogP contribution is 2.41. The summed E-state index contributed by atoms with van der Waals surface area (Å²) in [5, 5.41) is 2.93. The Morgan fingerprint density at radius 2 is 1.78 bits per heavy atom. The van der Waals surface area contributed by atoms with E-state index in [1.54, 1.807) is 6.20 Å². The number of carbonyl (C=O) groups is 1. The van der Waals surface area contributed by atoms with E-state index in [1.807, 2.05) is 46.8 Å². The highest BCUT2D eigenvalue weighted by atomic mass is 16.7. The second kappa shape index (κ2) is 5.31. The first-order valence-electron chi connectivity index (χ1n) is 8.26. The third-order valence-corrected chi connectivity index (χ3v) is 5.56. The van der Waals surface area contributed by atoms with Crippen LogP contribution in [0.1, 0.15) is 53.9 Å². The van der Waals surface area contributed by atoms with Crippen LogP contribution in [-0.4, -0.2) is 29.2 Å². The van der Waals surface area contributed by atoms with Crippen molar-refractivity contribution in [2.75, 3.05) is 5.32 Å². The molecule has 2 aliphatic rings. The van der Waals surface area contributed by atoms with Crippen molar-refractivity contribution in [3.63, 3.8) is 0 Å². The van der Waals surface area contributed by atoms with Crippen molar-refractivity contribution in [1.82, 2.24) is 4.98 Å². The molecule has 0 spiro atoms. The molecule has 0 atom stereocenters. The van der Waals surface area contributed by atoms with E-state index in [-0.39, 0.29) is 22.5 Å². The number of carbonyl (C=O) groups excluding carboxylic acids is 1. The molecule has 5 nitrogen and oxygen atoms in total. The lowest BCUT2D eigenvalue weighted by atomic mass is 9.70. The van der Waals surface area contributed by atoms with Gasteiger partial charge in [0.05, 0.1) is 11.2 Å². The maximum atomic E-state index is 12.3. The Labute approximate surface area is 138 Å². The minimum Gasteiger partial charge on any atom is -0.399 e. The first-order valence-corrected chi connectivity index (χ1v) is 8.26. The number of nitrogens with one attached hydrogen (secondary N) is 1. The van der Waals surface area contributed by atoms with Gasteiger partial charge in [0.25, 0.3) is 0 Å². The maximum absolute atomic E-state index is 12.3. The Morgan fingerprint density at radius 1 is 1.17 bits per heavy atom. The van der Waals surface area contributed by atoms with Gasteiger partial charge >= 0.3 is 7.12 Å². The summed E-state index contributed by atoms with van der Waals surface area (Å²) in [5.41, 5.74) is -0.150. The SMILES string of the molecule is CC1(C(=O)Nc2cc(B3OC(C)(C)C(C)(C)O3)ccn2)CCC1. The molecule has 3 rings (SSSR count). The number of amides is 1. The molecule has 1 amide bonds. The van der Waals surface area contributed by atoms with E-state index in [2.05, 4.69) is 10.3 Å². The van der Waals surface area contributed by atoms with Crippen LogP contribution in [0.2, 0.25) is 0 Å². The Bertz CT molecular complexity index is 610. The van der Waals surface area contributed by atoms with Crippen molar-refractivity contribution in [3.8, 4) is 0 Å². The lowest BCUT2D eigenvalue weighted by Crippen LogP contribution is -2.41. The fraction of sp³-hybridized carbons (Fsp3) is 0.647. The minimum absolute atomic E-state index is 0.0438. The number of nitrogens with zero attached hydrogens (tertiary/aromatic N) is 1. The molecular formula is C17H25BN2O3. The van der Waals surface area contributed by atoms with Gasteiger partial charge in [-0.1, -0.05) is 13.3 Å². The second-order valence-electron chi connectivity index (χ2n) is 7.93. The van der Waals surface area contributed by atoms with Gasteiger partial charge in [-0.25, -0.2) is 4.98 Å². The summed E-state index contributed by atoms with van der Waals surface area (Å²) in [6.45, 7) is 10.1. The van der Waals surface area contributed by atoms with Crippen molar-refractivity contribution < 1.29 is 14.1 Å². The quantitative estimate of drug-likeness (QED) is 0.871. The zero-order chi connectivity index (χ0) is 16.9. The molecule has 0 unspecified atom stereocenters. The Morgan fingerprint density at radius 3 is 2.30 bits per heavy atom. The summed E-state index contributed by atoms with van der Waals surface area (Å²) in [4.78, 5) is 16.6. The van der Waals surface area contributed by atoms with Crippen molar-refractivity contribution in [3.05, 3.63) is 18.3 Å². The monoisotopic (exact) mass is 316 g/mol. The van der Waals surface area contributed by atoms with Crippen LogP contribution in [0.25, 0.3) is 0 Å². The number of aromatic nitrogens is 1. The lowest BCUT2D eigenvalue weighted by Gasteiger charge is -2.36. The standard InChI is InChI=1S/C17H25BN2O3/c1-15(2)16(3,4)23-18(22-15)12-7-10-19-13(11-12)20-14(21)17(5)8-6-9-17/h7,10-11H,6,8-9H2,1-5H3,(H,19,20,21). The van der Waals surface area contributed by atoms with Crippen molar-refractivity contribution in [2.45, 2.75) is 65.1 Å². The Kier molecular flexibility index (Phi) is 3.80. The summed E-state index contributed by atoms with van der Waals surface area (Å²) in [6.07, 6.45) is 4.68. The first-order chi connectivity index (χ1) is 10.6. The van der Waals surface area contributed by atoms with Crippen LogP contribution >= 0.6 is 0 Å². The number of anilines is 1.